The molecule has 0 bridgehead atoms. The third-order valence-electron chi connectivity index (χ3n) is 3.07. The lowest BCUT2D eigenvalue weighted by Crippen LogP contribution is -2.10. The van der Waals surface area contributed by atoms with E-state index in [1.165, 1.54) is 10.7 Å². The van der Waals surface area contributed by atoms with Gasteiger partial charge in [0.25, 0.3) is 5.69 Å². The molecule has 1 unspecified atom stereocenters. The van der Waals surface area contributed by atoms with E-state index in [2.05, 4.69) is 10.3 Å². The van der Waals surface area contributed by atoms with E-state index in [0.717, 1.165) is 18.4 Å². The molecule has 0 spiro atoms. The second-order valence-corrected chi connectivity index (χ2v) is 4.73. The van der Waals surface area contributed by atoms with Gasteiger partial charge in [-0.2, -0.15) is 0 Å². The summed E-state index contributed by atoms with van der Waals surface area (Å²) in [4.78, 5) is 10.7. The molecule has 0 radical (unpaired) electrons. The highest BCUT2D eigenvalue weighted by Gasteiger charge is 2.18. The monoisotopic (exact) mass is 275 g/mol. The van der Waals surface area contributed by atoms with Crippen molar-refractivity contribution in [3.63, 3.8) is 0 Å². The fourth-order valence-electron chi connectivity index (χ4n) is 2.00. The van der Waals surface area contributed by atoms with Crippen LogP contribution >= 0.6 is 0 Å². The van der Waals surface area contributed by atoms with Gasteiger partial charge in [-0.15, -0.1) is 5.10 Å². The maximum absolute atomic E-state index is 11.1. The van der Waals surface area contributed by atoms with Crippen molar-refractivity contribution >= 4 is 5.69 Å². The van der Waals surface area contributed by atoms with Crippen LogP contribution in [-0.2, 0) is 0 Å². The third kappa shape index (κ3) is 2.83. The van der Waals surface area contributed by atoms with Crippen molar-refractivity contribution in [1.82, 2.24) is 15.0 Å². The second-order valence-electron chi connectivity index (χ2n) is 4.73. The Hall–Kier alpha value is -2.28. The Kier molecular flexibility index (Phi) is 4.09. The Morgan fingerprint density at radius 1 is 1.50 bits per heavy atom. The number of hydrogen-bond donors (Lipinski definition) is 1. The van der Waals surface area contributed by atoms with E-state index in [1.54, 1.807) is 25.3 Å². The molecule has 0 aliphatic rings. The predicted molar refractivity (Wildman–Crippen MR) is 74.6 cm³/mol. The van der Waals surface area contributed by atoms with Crippen molar-refractivity contribution in [3.8, 4) is 5.69 Å². The first kappa shape index (κ1) is 14.1. The molecule has 0 saturated carbocycles. The van der Waals surface area contributed by atoms with Crippen LogP contribution in [0, 0.1) is 17.0 Å². The van der Waals surface area contributed by atoms with Crippen LogP contribution in [0.4, 0.5) is 5.69 Å². The molecule has 2 rings (SSSR count). The SMILES string of the molecule is CCCC(N)c1cn(-c2ccc(C)cc2[N+](=O)[O-])nn1. The van der Waals surface area contributed by atoms with E-state index >= 15 is 0 Å². The molecular formula is C13H17N5O2. The van der Waals surface area contributed by atoms with Crippen molar-refractivity contribution in [1.29, 1.82) is 0 Å². The minimum Gasteiger partial charge on any atom is -0.323 e. The van der Waals surface area contributed by atoms with Crippen molar-refractivity contribution in [2.75, 3.05) is 0 Å². The number of nitro benzene ring substituents is 1. The van der Waals surface area contributed by atoms with Gasteiger partial charge >= 0.3 is 0 Å². The lowest BCUT2D eigenvalue weighted by Gasteiger charge is -2.05. The van der Waals surface area contributed by atoms with Gasteiger partial charge in [0, 0.05) is 6.07 Å². The van der Waals surface area contributed by atoms with E-state index in [4.69, 9.17) is 5.73 Å². The molecule has 1 aromatic carbocycles. The zero-order valence-electron chi connectivity index (χ0n) is 11.5. The van der Waals surface area contributed by atoms with Gasteiger partial charge in [0.1, 0.15) is 5.69 Å². The second kappa shape index (κ2) is 5.79. The Bertz CT molecular complexity index is 623. The molecule has 2 N–H and O–H groups in total. The normalized spacial score (nSPS) is 12.3. The number of nitrogens with two attached hydrogens (primary N) is 1. The number of hydrogen-bond acceptors (Lipinski definition) is 5. The van der Waals surface area contributed by atoms with Crippen molar-refractivity contribution in [2.45, 2.75) is 32.7 Å². The first-order valence-electron chi connectivity index (χ1n) is 6.46. The van der Waals surface area contributed by atoms with E-state index in [-0.39, 0.29) is 11.7 Å². The summed E-state index contributed by atoms with van der Waals surface area (Å²) < 4.78 is 1.41. The van der Waals surface area contributed by atoms with Gasteiger partial charge in [0.2, 0.25) is 0 Å². The minimum atomic E-state index is -0.421. The molecule has 0 fully saturated rings. The Balaban J connectivity index is 2.40. The van der Waals surface area contributed by atoms with Crippen LogP contribution in [0.2, 0.25) is 0 Å². The molecule has 1 aromatic heterocycles. The molecular weight excluding hydrogens is 258 g/mol. The maximum Gasteiger partial charge on any atom is 0.295 e. The van der Waals surface area contributed by atoms with Gasteiger partial charge < -0.3 is 5.73 Å². The zero-order valence-corrected chi connectivity index (χ0v) is 11.5. The number of aryl methyl sites for hydroxylation is 1. The van der Waals surface area contributed by atoms with E-state index in [9.17, 15) is 10.1 Å². The van der Waals surface area contributed by atoms with Crippen molar-refractivity contribution in [3.05, 3.63) is 45.8 Å². The average Bonchev–Trinajstić information content (AvgIpc) is 2.88. The smallest absolute Gasteiger partial charge is 0.295 e. The first-order chi connectivity index (χ1) is 9.52. The fourth-order valence-corrected chi connectivity index (χ4v) is 2.00. The lowest BCUT2D eigenvalue weighted by atomic mass is 10.1. The lowest BCUT2D eigenvalue weighted by molar-refractivity contribution is -0.384. The van der Waals surface area contributed by atoms with Crippen LogP contribution in [0.15, 0.2) is 24.4 Å². The molecule has 0 aliphatic carbocycles. The Morgan fingerprint density at radius 2 is 2.25 bits per heavy atom. The predicted octanol–water partition coefficient (Wildman–Crippen LogP) is 2.28. The number of nitrogens with zero attached hydrogens (tertiary/aromatic N) is 4. The first-order valence-corrected chi connectivity index (χ1v) is 6.46. The molecule has 0 saturated heterocycles. The van der Waals surface area contributed by atoms with E-state index in [1.807, 2.05) is 6.92 Å². The number of benzene rings is 1. The molecule has 1 heterocycles. The average molecular weight is 275 g/mol. The van der Waals surface area contributed by atoms with Crippen LogP contribution in [0.1, 0.15) is 37.1 Å². The zero-order chi connectivity index (χ0) is 14.7. The van der Waals surface area contributed by atoms with Crippen LogP contribution in [0.5, 0.6) is 0 Å². The molecule has 1 atom stereocenters. The van der Waals surface area contributed by atoms with Gasteiger partial charge in [0.05, 0.1) is 22.9 Å². The summed E-state index contributed by atoms with van der Waals surface area (Å²) in [5.74, 6) is 0. The molecule has 20 heavy (non-hydrogen) atoms. The fraction of sp³-hybridized carbons (Fsp3) is 0.385. The summed E-state index contributed by atoms with van der Waals surface area (Å²) in [7, 11) is 0. The number of nitro groups is 1. The van der Waals surface area contributed by atoms with Gasteiger partial charge in [-0.3, -0.25) is 10.1 Å². The highest BCUT2D eigenvalue weighted by atomic mass is 16.6. The quantitative estimate of drug-likeness (QED) is 0.666. The van der Waals surface area contributed by atoms with E-state index < -0.39 is 4.92 Å². The van der Waals surface area contributed by atoms with Gasteiger partial charge in [-0.05, 0) is 25.0 Å². The minimum absolute atomic E-state index is 0.00510. The maximum atomic E-state index is 11.1. The summed E-state index contributed by atoms with van der Waals surface area (Å²) in [6.45, 7) is 3.84. The number of rotatable bonds is 5. The molecule has 0 amide bonds. The number of aromatic nitrogens is 3. The van der Waals surface area contributed by atoms with Gasteiger partial charge in [0.15, 0.2) is 0 Å². The third-order valence-corrected chi connectivity index (χ3v) is 3.07. The van der Waals surface area contributed by atoms with Crippen LogP contribution in [0.3, 0.4) is 0 Å². The summed E-state index contributed by atoms with van der Waals surface area (Å²) >= 11 is 0. The largest absolute Gasteiger partial charge is 0.323 e. The Morgan fingerprint density at radius 3 is 2.90 bits per heavy atom. The van der Waals surface area contributed by atoms with Gasteiger partial charge in [-0.1, -0.05) is 24.6 Å². The summed E-state index contributed by atoms with van der Waals surface area (Å²) in [6.07, 6.45) is 3.39. The van der Waals surface area contributed by atoms with Crippen LogP contribution < -0.4 is 5.73 Å². The molecule has 2 aromatic rings. The summed E-state index contributed by atoms with van der Waals surface area (Å²) in [5, 5.41) is 19.1. The van der Waals surface area contributed by atoms with Gasteiger partial charge in [-0.25, -0.2) is 4.68 Å². The standard InChI is InChI=1S/C13H17N5O2/c1-3-4-10(14)11-8-17(16-15-11)12-6-5-9(2)7-13(12)18(19)20/h5-8,10H,3-4,14H2,1-2H3. The highest BCUT2D eigenvalue weighted by molar-refractivity contribution is 5.53. The van der Waals surface area contributed by atoms with Crippen LogP contribution in [0.25, 0.3) is 5.69 Å². The van der Waals surface area contributed by atoms with E-state index in [0.29, 0.717) is 11.4 Å². The molecule has 106 valence electrons. The molecule has 7 nitrogen and oxygen atoms in total. The van der Waals surface area contributed by atoms with Crippen molar-refractivity contribution < 1.29 is 4.92 Å². The van der Waals surface area contributed by atoms with Crippen LogP contribution in [-0.4, -0.2) is 19.9 Å². The summed E-state index contributed by atoms with van der Waals surface area (Å²) in [6, 6.07) is 4.79. The highest BCUT2D eigenvalue weighted by Crippen LogP contribution is 2.24. The summed E-state index contributed by atoms with van der Waals surface area (Å²) in [5.41, 5.74) is 7.83. The topological polar surface area (TPSA) is 99.9 Å². The molecule has 0 aliphatic heterocycles. The molecule has 7 heteroatoms. The van der Waals surface area contributed by atoms with Crippen molar-refractivity contribution in [2.24, 2.45) is 5.73 Å². The Labute approximate surface area is 116 Å².